The van der Waals surface area contributed by atoms with Gasteiger partial charge in [-0.05, 0) is 64.0 Å². The SMILES string of the molecule is CCCNC(C)CCCSc1cc(C)ccc1C. The number of hydrogen-bond acceptors (Lipinski definition) is 2. The van der Waals surface area contributed by atoms with E-state index < -0.39 is 0 Å². The molecule has 102 valence electrons. The molecular formula is C16H27NS. The Morgan fingerprint density at radius 3 is 2.78 bits per heavy atom. The molecule has 1 unspecified atom stereocenters. The quantitative estimate of drug-likeness (QED) is 0.546. The zero-order valence-corrected chi connectivity index (χ0v) is 13.1. The number of benzene rings is 1. The van der Waals surface area contributed by atoms with Crippen LogP contribution in [-0.2, 0) is 0 Å². The predicted octanol–water partition coefficient (Wildman–Crippen LogP) is 4.56. The summed E-state index contributed by atoms with van der Waals surface area (Å²) in [6.45, 7) is 10.0. The summed E-state index contributed by atoms with van der Waals surface area (Å²) in [5.74, 6) is 1.22. The van der Waals surface area contributed by atoms with Crippen LogP contribution in [0.1, 0.15) is 44.2 Å². The Morgan fingerprint density at radius 2 is 2.06 bits per heavy atom. The van der Waals surface area contributed by atoms with Crippen molar-refractivity contribution in [2.75, 3.05) is 12.3 Å². The van der Waals surface area contributed by atoms with Crippen LogP contribution < -0.4 is 5.32 Å². The van der Waals surface area contributed by atoms with E-state index in [4.69, 9.17) is 0 Å². The molecule has 0 aliphatic carbocycles. The molecule has 1 N–H and O–H groups in total. The monoisotopic (exact) mass is 265 g/mol. The van der Waals surface area contributed by atoms with Gasteiger partial charge in [0.15, 0.2) is 0 Å². The van der Waals surface area contributed by atoms with Crippen molar-refractivity contribution in [2.45, 2.75) is 57.9 Å². The molecule has 1 aromatic rings. The zero-order chi connectivity index (χ0) is 13.4. The summed E-state index contributed by atoms with van der Waals surface area (Å²) in [5, 5.41) is 3.54. The molecule has 0 saturated carbocycles. The summed E-state index contributed by atoms with van der Waals surface area (Å²) in [5.41, 5.74) is 2.77. The van der Waals surface area contributed by atoms with Gasteiger partial charge < -0.3 is 5.32 Å². The summed E-state index contributed by atoms with van der Waals surface area (Å²) in [6.07, 6.45) is 3.79. The van der Waals surface area contributed by atoms with Crippen LogP contribution in [0.2, 0.25) is 0 Å². The van der Waals surface area contributed by atoms with Crippen molar-refractivity contribution in [3.8, 4) is 0 Å². The molecule has 0 aliphatic rings. The molecule has 0 radical (unpaired) electrons. The van der Waals surface area contributed by atoms with Crippen molar-refractivity contribution >= 4 is 11.8 Å². The third-order valence-electron chi connectivity index (χ3n) is 3.13. The average molecular weight is 265 g/mol. The van der Waals surface area contributed by atoms with Gasteiger partial charge in [0.05, 0.1) is 0 Å². The molecule has 0 amide bonds. The summed E-state index contributed by atoms with van der Waals surface area (Å²) in [6, 6.07) is 7.38. The molecule has 0 spiro atoms. The Morgan fingerprint density at radius 1 is 1.28 bits per heavy atom. The van der Waals surface area contributed by atoms with Crippen LogP contribution in [0, 0.1) is 13.8 Å². The van der Waals surface area contributed by atoms with Gasteiger partial charge in [-0.2, -0.15) is 0 Å². The molecule has 0 heterocycles. The molecule has 0 aliphatic heterocycles. The largest absolute Gasteiger partial charge is 0.314 e. The highest BCUT2D eigenvalue weighted by atomic mass is 32.2. The highest BCUT2D eigenvalue weighted by molar-refractivity contribution is 7.99. The van der Waals surface area contributed by atoms with E-state index >= 15 is 0 Å². The van der Waals surface area contributed by atoms with Crippen molar-refractivity contribution in [2.24, 2.45) is 0 Å². The van der Waals surface area contributed by atoms with Crippen LogP contribution in [0.25, 0.3) is 0 Å². The Kier molecular flexibility index (Phi) is 7.45. The van der Waals surface area contributed by atoms with Crippen molar-refractivity contribution in [1.29, 1.82) is 0 Å². The molecule has 0 fully saturated rings. The van der Waals surface area contributed by atoms with Gasteiger partial charge in [0.1, 0.15) is 0 Å². The number of nitrogens with one attached hydrogen (secondary N) is 1. The highest BCUT2D eigenvalue weighted by Crippen LogP contribution is 2.24. The van der Waals surface area contributed by atoms with Crippen LogP contribution in [0.5, 0.6) is 0 Å². The molecule has 1 aromatic carbocycles. The third-order valence-corrected chi connectivity index (χ3v) is 4.37. The lowest BCUT2D eigenvalue weighted by Gasteiger charge is -2.13. The minimum Gasteiger partial charge on any atom is -0.314 e. The van der Waals surface area contributed by atoms with E-state index in [2.05, 4.69) is 51.2 Å². The van der Waals surface area contributed by atoms with Crippen molar-refractivity contribution in [3.05, 3.63) is 29.3 Å². The topological polar surface area (TPSA) is 12.0 Å². The third kappa shape index (κ3) is 5.92. The molecule has 2 heteroatoms. The van der Waals surface area contributed by atoms with Gasteiger partial charge in [-0.15, -0.1) is 11.8 Å². The lowest BCUT2D eigenvalue weighted by molar-refractivity contribution is 0.510. The van der Waals surface area contributed by atoms with Crippen molar-refractivity contribution in [1.82, 2.24) is 5.32 Å². The zero-order valence-electron chi connectivity index (χ0n) is 12.3. The highest BCUT2D eigenvalue weighted by Gasteiger charge is 2.02. The second-order valence-electron chi connectivity index (χ2n) is 5.11. The molecule has 0 aromatic heterocycles. The molecule has 0 saturated heterocycles. The van der Waals surface area contributed by atoms with Gasteiger partial charge in [-0.25, -0.2) is 0 Å². The lowest BCUT2D eigenvalue weighted by atomic mass is 10.2. The lowest BCUT2D eigenvalue weighted by Crippen LogP contribution is -2.26. The Bertz CT molecular complexity index is 349. The van der Waals surface area contributed by atoms with Gasteiger partial charge in [0.25, 0.3) is 0 Å². The van der Waals surface area contributed by atoms with E-state index in [1.165, 1.54) is 41.0 Å². The van der Waals surface area contributed by atoms with Gasteiger partial charge in [0, 0.05) is 10.9 Å². The summed E-state index contributed by atoms with van der Waals surface area (Å²) >= 11 is 2.00. The van der Waals surface area contributed by atoms with Gasteiger partial charge in [-0.3, -0.25) is 0 Å². The summed E-state index contributed by atoms with van der Waals surface area (Å²) in [7, 11) is 0. The fourth-order valence-electron chi connectivity index (χ4n) is 1.93. The summed E-state index contributed by atoms with van der Waals surface area (Å²) in [4.78, 5) is 1.45. The maximum Gasteiger partial charge on any atom is 0.0104 e. The molecule has 18 heavy (non-hydrogen) atoms. The van der Waals surface area contributed by atoms with E-state index in [1.807, 2.05) is 11.8 Å². The van der Waals surface area contributed by atoms with E-state index in [-0.39, 0.29) is 0 Å². The van der Waals surface area contributed by atoms with Crippen molar-refractivity contribution in [3.63, 3.8) is 0 Å². The van der Waals surface area contributed by atoms with E-state index in [0.717, 1.165) is 6.54 Å². The van der Waals surface area contributed by atoms with Crippen LogP contribution in [0.4, 0.5) is 0 Å². The van der Waals surface area contributed by atoms with E-state index in [1.54, 1.807) is 0 Å². The van der Waals surface area contributed by atoms with E-state index in [0.29, 0.717) is 6.04 Å². The van der Waals surface area contributed by atoms with Gasteiger partial charge in [0.2, 0.25) is 0 Å². The maximum atomic E-state index is 3.54. The van der Waals surface area contributed by atoms with E-state index in [9.17, 15) is 0 Å². The molecule has 1 nitrogen and oxygen atoms in total. The maximum absolute atomic E-state index is 3.54. The fourth-order valence-corrected chi connectivity index (χ4v) is 3.02. The smallest absolute Gasteiger partial charge is 0.0104 e. The van der Waals surface area contributed by atoms with Crippen LogP contribution >= 0.6 is 11.8 Å². The van der Waals surface area contributed by atoms with Crippen molar-refractivity contribution < 1.29 is 0 Å². The van der Waals surface area contributed by atoms with Crippen LogP contribution in [0.15, 0.2) is 23.1 Å². The van der Waals surface area contributed by atoms with Gasteiger partial charge >= 0.3 is 0 Å². The second kappa shape index (κ2) is 8.60. The Balaban J connectivity index is 2.23. The molecule has 1 rings (SSSR count). The Hall–Kier alpha value is -0.470. The molecule has 0 bridgehead atoms. The predicted molar refractivity (Wildman–Crippen MR) is 83.6 cm³/mol. The number of thioether (sulfide) groups is 1. The first kappa shape index (κ1) is 15.6. The molecular weight excluding hydrogens is 238 g/mol. The standard InChI is InChI=1S/C16H27NS/c1-5-10-17-15(4)7-6-11-18-16-12-13(2)8-9-14(16)3/h8-9,12,15,17H,5-7,10-11H2,1-4H3. The summed E-state index contributed by atoms with van der Waals surface area (Å²) < 4.78 is 0. The normalized spacial score (nSPS) is 12.7. The first-order valence-corrected chi connectivity index (χ1v) is 8.05. The van der Waals surface area contributed by atoms with Crippen LogP contribution in [-0.4, -0.2) is 18.3 Å². The first-order valence-electron chi connectivity index (χ1n) is 7.07. The minimum absolute atomic E-state index is 0.657. The number of rotatable bonds is 8. The second-order valence-corrected chi connectivity index (χ2v) is 6.25. The number of hydrogen-bond donors (Lipinski definition) is 1. The first-order chi connectivity index (χ1) is 8.63. The minimum atomic E-state index is 0.657. The number of aryl methyl sites for hydroxylation is 2. The van der Waals surface area contributed by atoms with Crippen LogP contribution in [0.3, 0.4) is 0 Å². The molecule has 1 atom stereocenters. The average Bonchev–Trinajstić information content (AvgIpc) is 2.36. The van der Waals surface area contributed by atoms with Gasteiger partial charge in [-0.1, -0.05) is 24.6 Å². The fraction of sp³-hybridized carbons (Fsp3) is 0.625. The Labute approximate surface area is 117 Å².